The Kier molecular flexibility index (Phi) is 6.04. The fourth-order valence-corrected chi connectivity index (χ4v) is 4.22. The molecular weight excluding hydrogens is 326 g/mol. The highest BCUT2D eigenvalue weighted by Gasteiger charge is 2.37. The Morgan fingerprint density at radius 2 is 1.50 bits per heavy atom. The maximum Gasteiger partial charge on any atom is 0.203 e. The van der Waals surface area contributed by atoms with Gasteiger partial charge in [-0.05, 0) is 30.5 Å². The summed E-state index contributed by atoms with van der Waals surface area (Å²) in [6, 6.07) is 15.1. The summed E-state index contributed by atoms with van der Waals surface area (Å²) < 4.78 is 16.4. The molecule has 26 heavy (non-hydrogen) atoms. The molecule has 1 fully saturated rings. The van der Waals surface area contributed by atoms with Crippen LogP contribution in [-0.2, 0) is 12.0 Å². The molecule has 0 amide bonds. The standard InChI is InChI=1S/C22H29NO3/c1-24-19-13-17(14-20(25-2)21(19)26-3)15-23-16-22(11-7-8-12-22)18-9-5-4-6-10-18/h4-6,9-10,13-14,23H,7-8,11-12,15-16H2,1-3H3/p+1. The van der Waals surface area contributed by atoms with Crippen LogP contribution in [0, 0.1) is 0 Å². The molecule has 0 aliphatic heterocycles. The van der Waals surface area contributed by atoms with E-state index < -0.39 is 0 Å². The maximum atomic E-state index is 5.47. The third kappa shape index (κ3) is 3.80. The number of quaternary nitrogens is 1. The summed E-state index contributed by atoms with van der Waals surface area (Å²) in [6.45, 7) is 2.00. The van der Waals surface area contributed by atoms with E-state index in [1.165, 1.54) is 36.8 Å². The number of hydrogen-bond donors (Lipinski definition) is 1. The van der Waals surface area contributed by atoms with Crippen LogP contribution in [0.5, 0.6) is 17.2 Å². The summed E-state index contributed by atoms with van der Waals surface area (Å²) >= 11 is 0. The van der Waals surface area contributed by atoms with Gasteiger partial charge >= 0.3 is 0 Å². The molecule has 2 aromatic rings. The molecule has 1 saturated carbocycles. The van der Waals surface area contributed by atoms with Gasteiger partial charge in [0.05, 0.1) is 27.9 Å². The van der Waals surface area contributed by atoms with E-state index in [0.29, 0.717) is 22.7 Å². The van der Waals surface area contributed by atoms with E-state index >= 15 is 0 Å². The summed E-state index contributed by atoms with van der Waals surface area (Å²) in [5, 5.41) is 2.42. The van der Waals surface area contributed by atoms with Crippen LogP contribution in [0.3, 0.4) is 0 Å². The van der Waals surface area contributed by atoms with Crippen molar-refractivity contribution in [2.45, 2.75) is 37.6 Å². The minimum Gasteiger partial charge on any atom is -0.493 e. The normalized spacial score (nSPS) is 15.7. The van der Waals surface area contributed by atoms with Gasteiger partial charge in [-0.15, -0.1) is 0 Å². The molecule has 0 atom stereocenters. The highest BCUT2D eigenvalue weighted by molar-refractivity contribution is 5.53. The van der Waals surface area contributed by atoms with Crippen LogP contribution in [0.4, 0.5) is 0 Å². The van der Waals surface area contributed by atoms with Gasteiger partial charge in [0.15, 0.2) is 11.5 Å². The predicted molar refractivity (Wildman–Crippen MR) is 103 cm³/mol. The molecule has 0 radical (unpaired) electrons. The van der Waals surface area contributed by atoms with Gasteiger partial charge < -0.3 is 19.5 Å². The lowest BCUT2D eigenvalue weighted by Gasteiger charge is -2.28. The SMILES string of the molecule is COc1cc(C[NH2+]CC2(c3ccccc3)CCCC2)cc(OC)c1OC. The van der Waals surface area contributed by atoms with Crippen LogP contribution in [0.15, 0.2) is 42.5 Å². The minimum atomic E-state index is 0.307. The molecule has 140 valence electrons. The van der Waals surface area contributed by atoms with E-state index in [1.54, 1.807) is 21.3 Å². The first-order valence-corrected chi connectivity index (χ1v) is 9.38. The molecule has 2 aromatic carbocycles. The van der Waals surface area contributed by atoms with Crippen LogP contribution < -0.4 is 19.5 Å². The van der Waals surface area contributed by atoms with Crippen molar-refractivity contribution < 1.29 is 19.5 Å². The average Bonchev–Trinajstić information content (AvgIpc) is 3.18. The number of ether oxygens (including phenoxy) is 3. The summed E-state index contributed by atoms with van der Waals surface area (Å²) in [5.74, 6) is 2.08. The van der Waals surface area contributed by atoms with Crippen LogP contribution in [0.2, 0.25) is 0 Å². The molecular formula is C22H30NO3+. The molecule has 0 unspecified atom stereocenters. The predicted octanol–water partition coefficient (Wildman–Crippen LogP) is 3.29. The Balaban J connectivity index is 1.72. The molecule has 0 spiro atoms. The first kappa shape index (κ1) is 18.6. The fraction of sp³-hybridized carbons (Fsp3) is 0.455. The molecule has 0 heterocycles. The van der Waals surface area contributed by atoms with Crippen molar-refractivity contribution in [2.75, 3.05) is 27.9 Å². The zero-order chi connectivity index (χ0) is 18.4. The van der Waals surface area contributed by atoms with Crippen LogP contribution in [0.1, 0.15) is 36.8 Å². The fourth-order valence-electron chi connectivity index (χ4n) is 4.22. The van der Waals surface area contributed by atoms with Gasteiger partial charge in [-0.1, -0.05) is 43.2 Å². The Morgan fingerprint density at radius 3 is 2.04 bits per heavy atom. The second-order valence-corrected chi connectivity index (χ2v) is 7.08. The van der Waals surface area contributed by atoms with Gasteiger partial charge in [0.1, 0.15) is 6.54 Å². The quantitative estimate of drug-likeness (QED) is 0.789. The highest BCUT2D eigenvalue weighted by Crippen LogP contribution is 2.40. The largest absolute Gasteiger partial charge is 0.493 e. The number of benzene rings is 2. The monoisotopic (exact) mass is 356 g/mol. The van der Waals surface area contributed by atoms with Gasteiger partial charge in [-0.2, -0.15) is 0 Å². The van der Waals surface area contributed by atoms with E-state index in [9.17, 15) is 0 Å². The number of rotatable bonds is 8. The number of methoxy groups -OCH3 is 3. The summed E-state index contributed by atoms with van der Waals surface area (Å²) in [5.41, 5.74) is 2.97. The van der Waals surface area contributed by atoms with Crippen LogP contribution >= 0.6 is 0 Å². The lowest BCUT2D eigenvalue weighted by atomic mass is 9.79. The summed E-state index contributed by atoms with van der Waals surface area (Å²) in [6.07, 6.45) is 5.21. The van der Waals surface area contributed by atoms with Crippen molar-refractivity contribution in [1.29, 1.82) is 0 Å². The maximum absolute atomic E-state index is 5.47. The van der Waals surface area contributed by atoms with Gasteiger partial charge in [0.25, 0.3) is 0 Å². The van der Waals surface area contributed by atoms with Crippen molar-refractivity contribution in [3.05, 3.63) is 53.6 Å². The zero-order valence-electron chi connectivity index (χ0n) is 16.1. The Hall–Kier alpha value is -2.20. The van der Waals surface area contributed by atoms with E-state index in [0.717, 1.165) is 13.1 Å². The van der Waals surface area contributed by atoms with Gasteiger partial charge in [-0.3, -0.25) is 0 Å². The van der Waals surface area contributed by atoms with Crippen molar-refractivity contribution in [1.82, 2.24) is 0 Å². The smallest absolute Gasteiger partial charge is 0.203 e. The molecule has 3 rings (SSSR count). The van der Waals surface area contributed by atoms with Crippen molar-refractivity contribution in [2.24, 2.45) is 0 Å². The van der Waals surface area contributed by atoms with E-state index in [4.69, 9.17) is 14.2 Å². The lowest BCUT2D eigenvalue weighted by molar-refractivity contribution is -0.677. The number of nitrogens with two attached hydrogens (primary N) is 1. The van der Waals surface area contributed by atoms with Crippen molar-refractivity contribution >= 4 is 0 Å². The minimum absolute atomic E-state index is 0.307. The van der Waals surface area contributed by atoms with Crippen molar-refractivity contribution in [3.8, 4) is 17.2 Å². The lowest BCUT2D eigenvalue weighted by Crippen LogP contribution is -2.86. The van der Waals surface area contributed by atoms with Gasteiger partial charge in [0.2, 0.25) is 5.75 Å². The Labute approximate surface area is 156 Å². The van der Waals surface area contributed by atoms with E-state index in [1.807, 2.05) is 12.1 Å². The van der Waals surface area contributed by atoms with Crippen LogP contribution in [-0.4, -0.2) is 27.9 Å². The highest BCUT2D eigenvalue weighted by atomic mass is 16.5. The summed E-state index contributed by atoms with van der Waals surface area (Å²) in [4.78, 5) is 0. The molecule has 0 bridgehead atoms. The second-order valence-electron chi connectivity index (χ2n) is 7.08. The number of hydrogen-bond acceptors (Lipinski definition) is 3. The molecule has 2 N–H and O–H groups in total. The average molecular weight is 356 g/mol. The van der Waals surface area contributed by atoms with Gasteiger partial charge in [0, 0.05) is 11.0 Å². The Bertz CT molecular complexity index is 684. The van der Waals surface area contributed by atoms with Gasteiger partial charge in [-0.25, -0.2) is 0 Å². The second kappa shape index (κ2) is 8.45. The molecule has 4 heteroatoms. The van der Waals surface area contributed by atoms with E-state index in [-0.39, 0.29) is 0 Å². The molecule has 0 aromatic heterocycles. The summed E-state index contributed by atoms with van der Waals surface area (Å²) in [7, 11) is 4.96. The first-order chi connectivity index (χ1) is 12.7. The molecule has 1 aliphatic rings. The van der Waals surface area contributed by atoms with Crippen molar-refractivity contribution in [3.63, 3.8) is 0 Å². The molecule has 4 nitrogen and oxygen atoms in total. The van der Waals surface area contributed by atoms with Crippen LogP contribution in [0.25, 0.3) is 0 Å². The third-order valence-corrected chi connectivity index (χ3v) is 5.59. The molecule has 0 saturated heterocycles. The van der Waals surface area contributed by atoms with E-state index in [2.05, 4.69) is 35.6 Å². The third-order valence-electron chi connectivity index (χ3n) is 5.59. The zero-order valence-corrected chi connectivity index (χ0v) is 16.1. The first-order valence-electron chi connectivity index (χ1n) is 9.38. The molecule has 1 aliphatic carbocycles. The topological polar surface area (TPSA) is 44.3 Å². The Morgan fingerprint density at radius 1 is 0.885 bits per heavy atom.